The molecule has 0 bridgehead atoms. The molecule has 2 N–H and O–H groups in total. The summed E-state index contributed by atoms with van der Waals surface area (Å²) in [6, 6.07) is 5.48. The average molecular weight is 363 g/mol. The molecule has 0 unspecified atom stereocenters. The van der Waals surface area contributed by atoms with Gasteiger partial charge in [-0.05, 0) is 24.3 Å². The Hall–Kier alpha value is -3.05. The summed E-state index contributed by atoms with van der Waals surface area (Å²) in [5, 5.41) is 10.1. The molecule has 0 radical (unpaired) electrons. The van der Waals surface area contributed by atoms with Gasteiger partial charge in [0.25, 0.3) is 5.82 Å². The topological polar surface area (TPSA) is 78.3 Å². The van der Waals surface area contributed by atoms with E-state index in [-0.39, 0.29) is 22.6 Å². The summed E-state index contributed by atoms with van der Waals surface area (Å²) < 4.78 is 79.3. The molecule has 0 aliphatic heterocycles. The van der Waals surface area contributed by atoms with Gasteiger partial charge < -0.3 is 10.5 Å². The van der Waals surface area contributed by atoms with Crippen LogP contribution in [-0.4, -0.2) is 26.2 Å². The highest BCUT2D eigenvalue weighted by atomic mass is 19.4. The van der Waals surface area contributed by atoms with Gasteiger partial charge in [-0.1, -0.05) is 0 Å². The Morgan fingerprint density at radius 3 is 2.16 bits per heavy atom. The third-order valence-electron chi connectivity index (χ3n) is 3.04. The van der Waals surface area contributed by atoms with Gasteiger partial charge in [0.15, 0.2) is 5.65 Å². The number of nitrogens with two attached hydrogens (primary N) is 1. The van der Waals surface area contributed by atoms with Crippen LogP contribution in [0.1, 0.15) is 5.82 Å². The molecule has 0 atom stereocenters. The summed E-state index contributed by atoms with van der Waals surface area (Å²) in [6.07, 6.45) is -9.65. The summed E-state index contributed by atoms with van der Waals surface area (Å²) in [5.74, 6) is -1.84. The number of alkyl halides is 6. The maximum Gasteiger partial charge on any atom is 0.573 e. The predicted molar refractivity (Wildman–Crippen MR) is 72.3 cm³/mol. The van der Waals surface area contributed by atoms with E-state index in [1.54, 1.807) is 0 Å². The molecule has 1 aromatic carbocycles. The fourth-order valence-corrected chi connectivity index (χ4v) is 2.06. The largest absolute Gasteiger partial charge is 0.573 e. The zero-order chi connectivity index (χ0) is 18.4. The van der Waals surface area contributed by atoms with Crippen molar-refractivity contribution < 1.29 is 31.1 Å². The highest BCUT2D eigenvalue weighted by molar-refractivity contribution is 5.74. The first kappa shape index (κ1) is 16.8. The lowest BCUT2D eigenvalue weighted by atomic mass is 10.1. The molecule has 0 spiro atoms. The Labute approximate surface area is 134 Å². The number of nitrogen functional groups attached to an aromatic ring is 1. The fourth-order valence-electron chi connectivity index (χ4n) is 2.06. The number of benzene rings is 1. The second kappa shape index (κ2) is 5.50. The predicted octanol–water partition coefficient (Wildman–Crippen LogP) is 3.29. The summed E-state index contributed by atoms with van der Waals surface area (Å²) in [5.41, 5.74) is 5.63. The van der Waals surface area contributed by atoms with Crippen LogP contribution in [-0.2, 0) is 6.18 Å². The molecule has 0 aliphatic rings. The molecule has 2 aromatic heterocycles. The van der Waals surface area contributed by atoms with E-state index in [1.165, 1.54) is 12.1 Å². The smallest absolute Gasteiger partial charge is 0.406 e. The molecule has 0 amide bonds. The number of ether oxygens (including phenoxy) is 1. The number of hydrogen-bond donors (Lipinski definition) is 1. The van der Waals surface area contributed by atoms with Crippen LogP contribution in [0.25, 0.3) is 16.9 Å². The lowest BCUT2D eigenvalue weighted by molar-refractivity contribution is -0.274. The van der Waals surface area contributed by atoms with Crippen LogP contribution >= 0.6 is 0 Å². The molecule has 6 nitrogen and oxygen atoms in total. The Morgan fingerprint density at radius 1 is 0.960 bits per heavy atom. The summed E-state index contributed by atoms with van der Waals surface area (Å²) in [6.45, 7) is 0. The number of nitrogens with zero attached hydrogens (tertiary/aromatic N) is 4. The zero-order valence-electron chi connectivity index (χ0n) is 11.9. The summed E-state index contributed by atoms with van der Waals surface area (Å²) in [4.78, 5) is 0. The first-order valence-electron chi connectivity index (χ1n) is 6.50. The fraction of sp³-hybridized carbons (Fsp3) is 0.154. The van der Waals surface area contributed by atoms with Crippen molar-refractivity contribution in [2.24, 2.45) is 0 Å². The van der Waals surface area contributed by atoms with Gasteiger partial charge in [0.2, 0.25) is 0 Å². The molecule has 0 saturated heterocycles. The van der Waals surface area contributed by atoms with E-state index >= 15 is 0 Å². The van der Waals surface area contributed by atoms with Gasteiger partial charge in [-0.25, -0.2) is 0 Å². The van der Waals surface area contributed by atoms with Crippen LogP contribution in [0.4, 0.5) is 32.0 Å². The molecule has 3 aromatic rings. The minimum atomic E-state index is -4.86. The third-order valence-corrected chi connectivity index (χ3v) is 3.04. The quantitative estimate of drug-likeness (QED) is 0.707. The first-order valence-corrected chi connectivity index (χ1v) is 6.50. The maximum absolute atomic E-state index is 12.9. The summed E-state index contributed by atoms with van der Waals surface area (Å²) >= 11 is 0. The second-order valence-corrected chi connectivity index (χ2v) is 4.81. The van der Waals surface area contributed by atoms with Crippen molar-refractivity contribution in [1.29, 1.82) is 0 Å². The van der Waals surface area contributed by atoms with E-state index < -0.39 is 24.1 Å². The Morgan fingerprint density at radius 2 is 1.60 bits per heavy atom. The number of aromatic nitrogens is 4. The maximum atomic E-state index is 12.9. The van der Waals surface area contributed by atoms with Crippen LogP contribution < -0.4 is 10.5 Å². The molecule has 3 rings (SSSR count). The van der Waals surface area contributed by atoms with Crippen LogP contribution in [0.5, 0.6) is 5.75 Å². The van der Waals surface area contributed by atoms with Crippen molar-refractivity contribution in [2.45, 2.75) is 12.5 Å². The van der Waals surface area contributed by atoms with E-state index in [1.807, 2.05) is 0 Å². The second-order valence-electron chi connectivity index (χ2n) is 4.81. The molecule has 0 aliphatic carbocycles. The number of fused-ring (bicyclic) bond motifs is 1. The number of hydrogen-bond acceptors (Lipinski definition) is 5. The van der Waals surface area contributed by atoms with E-state index in [9.17, 15) is 26.3 Å². The van der Waals surface area contributed by atoms with Crippen LogP contribution in [0.2, 0.25) is 0 Å². The third kappa shape index (κ3) is 3.41. The van der Waals surface area contributed by atoms with E-state index in [0.717, 1.165) is 18.2 Å². The molecule has 2 heterocycles. The van der Waals surface area contributed by atoms with Crippen LogP contribution in [0.3, 0.4) is 0 Å². The van der Waals surface area contributed by atoms with Gasteiger partial charge >= 0.3 is 12.5 Å². The van der Waals surface area contributed by atoms with Crippen LogP contribution in [0.15, 0.2) is 30.3 Å². The summed E-state index contributed by atoms with van der Waals surface area (Å²) in [7, 11) is 0. The van der Waals surface area contributed by atoms with Gasteiger partial charge in [-0.2, -0.15) is 22.8 Å². The van der Waals surface area contributed by atoms with Crippen molar-refractivity contribution in [3.8, 4) is 17.0 Å². The van der Waals surface area contributed by atoms with Crippen molar-refractivity contribution in [3.05, 3.63) is 36.2 Å². The van der Waals surface area contributed by atoms with Gasteiger partial charge in [0.1, 0.15) is 11.4 Å². The molecule has 0 saturated carbocycles. The average Bonchev–Trinajstić information content (AvgIpc) is 2.88. The van der Waals surface area contributed by atoms with E-state index in [0.29, 0.717) is 4.52 Å². The lowest BCUT2D eigenvalue weighted by Crippen LogP contribution is -2.17. The van der Waals surface area contributed by atoms with Crippen molar-refractivity contribution in [1.82, 2.24) is 19.8 Å². The minimum Gasteiger partial charge on any atom is -0.406 e. The molecule has 12 heteroatoms. The van der Waals surface area contributed by atoms with Crippen molar-refractivity contribution in [3.63, 3.8) is 0 Å². The Bertz CT molecular complexity index is 916. The SMILES string of the molecule is Nc1cc2nnc(C(F)(F)F)n2nc1-c1ccc(OC(F)(F)F)cc1. The normalized spacial score (nSPS) is 12.6. The van der Waals surface area contributed by atoms with Crippen molar-refractivity contribution in [2.75, 3.05) is 5.73 Å². The molecular formula is C13H7F6N5O. The highest BCUT2D eigenvalue weighted by Gasteiger charge is 2.38. The first-order chi connectivity index (χ1) is 11.5. The van der Waals surface area contributed by atoms with Gasteiger partial charge in [0, 0.05) is 11.6 Å². The van der Waals surface area contributed by atoms with E-state index in [4.69, 9.17) is 5.73 Å². The van der Waals surface area contributed by atoms with E-state index in [2.05, 4.69) is 20.0 Å². The Balaban J connectivity index is 2.04. The van der Waals surface area contributed by atoms with Gasteiger partial charge in [-0.15, -0.1) is 23.4 Å². The van der Waals surface area contributed by atoms with Gasteiger partial charge in [-0.3, -0.25) is 0 Å². The molecular weight excluding hydrogens is 356 g/mol. The Kier molecular flexibility index (Phi) is 3.69. The van der Waals surface area contributed by atoms with Crippen LogP contribution in [0, 0.1) is 0 Å². The lowest BCUT2D eigenvalue weighted by Gasteiger charge is -2.10. The van der Waals surface area contributed by atoms with Crippen molar-refractivity contribution >= 4 is 11.3 Å². The number of rotatable bonds is 2. The molecule has 25 heavy (non-hydrogen) atoms. The minimum absolute atomic E-state index is 0.0156. The van der Waals surface area contributed by atoms with Gasteiger partial charge in [0.05, 0.1) is 5.69 Å². The molecule has 0 fully saturated rings. The number of halogens is 6. The monoisotopic (exact) mass is 363 g/mol. The number of anilines is 1. The molecule has 132 valence electrons. The highest BCUT2D eigenvalue weighted by Crippen LogP contribution is 2.31. The standard InChI is InChI=1S/C13H7F6N5O/c14-12(15,16)11-22-21-9-5-8(20)10(23-24(9)11)6-1-3-7(4-2-6)25-13(17,18)19/h1-5H,20H2. The zero-order valence-corrected chi connectivity index (χ0v) is 11.9.